The molecule has 0 fully saturated rings. The standard InChI is InChI=1S/C20H19F4N7O3S/c1-31(35(2,33)34)18-12(4-3-7-26-18)9-27-17-13(20(22,23)24)10-28-19(30-17)29-15-6-5-11(16(25)32)8-14(15)21/h3-8,10H,9H2,1-2H3,(H2,25,32)(H2,27,28,29,30). The fourth-order valence-electron chi connectivity index (χ4n) is 2.86. The van der Waals surface area contributed by atoms with Crippen LogP contribution in [0.1, 0.15) is 21.5 Å². The Morgan fingerprint density at radius 1 is 1.20 bits per heavy atom. The molecule has 0 spiro atoms. The summed E-state index contributed by atoms with van der Waals surface area (Å²) in [5.74, 6) is -2.75. The minimum absolute atomic E-state index is 0.0140. The molecule has 10 nitrogen and oxygen atoms in total. The van der Waals surface area contributed by atoms with E-state index in [2.05, 4.69) is 25.6 Å². The van der Waals surface area contributed by atoms with Gasteiger partial charge in [0.25, 0.3) is 0 Å². The van der Waals surface area contributed by atoms with E-state index in [4.69, 9.17) is 5.73 Å². The van der Waals surface area contributed by atoms with Crippen LogP contribution in [0.2, 0.25) is 0 Å². The van der Waals surface area contributed by atoms with Crippen LogP contribution in [-0.2, 0) is 22.7 Å². The lowest BCUT2D eigenvalue weighted by Crippen LogP contribution is -2.27. The van der Waals surface area contributed by atoms with Crippen LogP contribution in [0.25, 0.3) is 0 Å². The molecular weight excluding hydrogens is 494 g/mol. The van der Waals surface area contributed by atoms with E-state index in [1.807, 2.05) is 0 Å². The maximum absolute atomic E-state index is 14.3. The van der Waals surface area contributed by atoms with Gasteiger partial charge in [0, 0.05) is 37.1 Å². The van der Waals surface area contributed by atoms with Gasteiger partial charge in [-0.15, -0.1) is 0 Å². The number of sulfonamides is 1. The summed E-state index contributed by atoms with van der Waals surface area (Å²) in [4.78, 5) is 22.6. The number of hydrogen-bond donors (Lipinski definition) is 3. The van der Waals surface area contributed by atoms with Crippen molar-refractivity contribution >= 4 is 39.2 Å². The lowest BCUT2D eigenvalue weighted by Gasteiger charge is -2.20. The summed E-state index contributed by atoms with van der Waals surface area (Å²) in [5.41, 5.74) is 3.86. The second kappa shape index (κ2) is 9.69. The van der Waals surface area contributed by atoms with Crippen LogP contribution in [0.5, 0.6) is 0 Å². The number of nitrogens with one attached hydrogen (secondary N) is 2. The number of pyridine rings is 1. The Kier molecular flexibility index (Phi) is 7.09. The van der Waals surface area contributed by atoms with Gasteiger partial charge >= 0.3 is 6.18 Å². The first kappa shape index (κ1) is 25.6. The molecule has 15 heteroatoms. The molecule has 0 radical (unpaired) electrons. The summed E-state index contributed by atoms with van der Waals surface area (Å²) in [6, 6.07) is 6.22. The lowest BCUT2D eigenvalue weighted by molar-refractivity contribution is -0.137. The molecule has 0 aliphatic carbocycles. The van der Waals surface area contributed by atoms with Crippen LogP contribution >= 0.6 is 0 Å². The summed E-state index contributed by atoms with van der Waals surface area (Å²) in [6.07, 6.45) is -2.01. The third-order valence-corrected chi connectivity index (χ3v) is 5.87. The predicted octanol–water partition coefficient (Wildman–Crippen LogP) is 2.88. The van der Waals surface area contributed by atoms with Crippen molar-refractivity contribution in [2.45, 2.75) is 12.7 Å². The molecule has 0 saturated carbocycles. The maximum Gasteiger partial charge on any atom is 0.421 e. The molecule has 186 valence electrons. The molecule has 4 N–H and O–H groups in total. The molecule has 0 atom stereocenters. The fraction of sp³-hybridized carbons (Fsp3) is 0.200. The van der Waals surface area contributed by atoms with E-state index < -0.39 is 39.3 Å². The third kappa shape index (κ3) is 6.11. The Hall–Kier alpha value is -4.01. The second-order valence-corrected chi connectivity index (χ2v) is 9.22. The molecule has 3 rings (SSSR count). The van der Waals surface area contributed by atoms with Crippen molar-refractivity contribution in [2.24, 2.45) is 5.73 Å². The van der Waals surface area contributed by atoms with Crippen LogP contribution in [0.15, 0.2) is 42.7 Å². The van der Waals surface area contributed by atoms with E-state index in [1.165, 1.54) is 31.4 Å². The van der Waals surface area contributed by atoms with Gasteiger partial charge in [-0.2, -0.15) is 18.2 Å². The Bertz CT molecular complexity index is 1370. The molecule has 3 aromatic rings. The average Bonchev–Trinajstić information content (AvgIpc) is 2.77. The summed E-state index contributed by atoms with van der Waals surface area (Å²) in [5, 5.41) is 4.97. The van der Waals surface area contributed by atoms with Crippen LogP contribution in [0.3, 0.4) is 0 Å². The van der Waals surface area contributed by atoms with Gasteiger partial charge in [0.15, 0.2) is 0 Å². The van der Waals surface area contributed by atoms with E-state index in [1.54, 1.807) is 0 Å². The monoisotopic (exact) mass is 513 g/mol. The molecule has 0 bridgehead atoms. The van der Waals surface area contributed by atoms with E-state index in [0.29, 0.717) is 6.20 Å². The van der Waals surface area contributed by atoms with E-state index in [0.717, 1.165) is 22.7 Å². The van der Waals surface area contributed by atoms with E-state index in [-0.39, 0.29) is 35.1 Å². The first-order chi connectivity index (χ1) is 16.3. The second-order valence-electron chi connectivity index (χ2n) is 7.21. The van der Waals surface area contributed by atoms with Crippen molar-refractivity contribution in [2.75, 3.05) is 28.2 Å². The lowest BCUT2D eigenvalue weighted by atomic mass is 10.2. The zero-order valence-electron chi connectivity index (χ0n) is 18.3. The van der Waals surface area contributed by atoms with Crippen molar-refractivity contribution in [3.8, 4) is 0 Å². The normalized spacial score (nSPS) is 11.7. The molecular formula is C20H19F4N7O3S. The topological polar surface area (TPSA) is 143 Å². The largest absolute Gasteiger partial charge is 0.421 e. The van der Waals surface area contributed by atoms with Crippen molar-refractivity contribution in [1.29, 1.82) is 0 Å². The van der Waals surface area contributed by atoms with Crippen molar-refractivity contribution in [1.82, 2.24) is 15.0 Å². The number of aromatic nitrogens is 3. The minimum atomic E-state index is -4.82. The van der Waals surface area contributed by atoms with Crippen LogP contribution in [0, 0.1) is 5.82 Å². The van der Waals surface area contributed by atoms with Gasteiger partial charge in [-0.1, -0.05) is 6.07 Å². The first-order valence-corrected chi connectivity index (χ1v) is 11.5. The quantitative estimate of drug-likeness (QED) is 0.390. The number of nitrogens with zero attached hydrogens (tertiary/aromatic N) is 4. The molecule has 1 amide bonds. The number of anilines is 4. The Balaban J connectivity index is 1.93. The fourth-order valence-corrected chi connectivity index (χ4v) is 3.34. The number of carbonyl (C=O) groups excluding carboxylic acids is 1. The predicted molar refractivity (Wildman–Crippen MR) is 120 cm³/mol. The van der Waals surface area contributed by atoms with Crippen molar-refractivity contribution < 1.29 is 30.8 Å². The number of alkyl halides is 3. The number of halogens is 4. The summed E-state index contributed by atoms with van der Waals surface area (Å²) in [7, 11) is -2.43. The van der Waals surface area contributed by atoms with Crippen LogP contribution in [-0.4, -0.2) is 42.6 Å². The molecule has 35 heavy (non-hydrogen) atoms. The summed E-state index contributed by atoms with van der Waals surface area (Å²) in [6.45, 7) is -0.274. The number of carbonyl (C=O) groups is 1. The van der Waals surface area contributed by atoms with Gasteiger partial charge in [-0.3, -0.25) is 9.10 Å². The summed E-state index contributed by atoms with van der Waals surface area (Å²) >= 11 is 0. The van der Waals surface area contributed by atoms with Gasteiger partial charge in [0.2, 0.25) is 21.9 Å². The number of rotatable bonds is 8. The highest BCUT2D eigenvalue weighted by Crippen LogP contribution is 2.34. The minimum Gasteiger partial charge on any atom is -0.366 e. The zero-order valence-corrected chi connectivity index (χ0v) is 19.1. The molecule has 0 saturated heterocycles. The molecule has 2 heterocycles. The number of nitrogens with two attached hydrogens (primary N) is 1. The Labute approximate surface area is 197 Å². The van der Waals surface area contributed by atoms with Gasteiger partial charge in [0.1, 0.15) is 23.0 Å². The van der Waals surface area contributed by atoms with Gasteiger partial charge in [-0.25, -0.2) is 22.8 Å². The maximum atomic E-state index is 14.3. The molecule has 0 aliphatic heterocycles. The Morgan fingerprint density at radius 3 is 2.51 bits per heavy atom. The van der Waals surface area contributed by atoms with E-state index in [9.17, 15) is 30.8 Å². The van der Waals surface area contributed by atoms with Gasteiger partial charge in [-0.05, 0) is 24.3 Å². The number of amides is 1. The zero-order chi connectivity index (χ0) is 26.0. The third-order valence-electron chi connectivity index (χ3n) is 4.70. The number of primary amides is 1. The average molecular weight is 513 g/mol. The van der Waals surface area contributed by atoms with Crippen molar-refractivity contribution in [3.05, 3.63) is 65.2 Å². The highest BCUT2D eigenvalue weighted by Gasteiger charge is 2.35. The number of hydrogen-bond acceptors (Lipinski definition) is 8. The van der Waals surface area contributed by atoms with Gasteiger partial charge in [0.05, 0.1) is 11.9 Å². The van der Waals surface area contributed by atoms with Gasteiger partial charge < -0.3 is 16.4 Å². The van der Waals surface area contributed by atoms with Crippen molar-refractivity contribution in [3.63, 3.8) is 0 Å². The highest BCUT2D eigenvalue weighted by atomic mass is 32.2. The SMILES string of the molecule is CN(c1ncccc1CNc1nc(Nc2ccc(C(N)=O)cc2F)ncc1C(F)(F)F)S(C)(=O)=O. The molecule has 1 aromatic carbocycles. The Morgan fingerprint density at radius 2 is 1.91 bits per heavy atom. The van der Waals surface area contributed by atoms with Crippen LogP contribution in [0.4, 0.5) is 40.8 Å². The first-order valence-electron chi connectivity index (χ1n) is 9.69. The van der Waals surface area contributed by atoms with Crippen LogP contribution < -0.4 is 20.7 Å². The smallest absolute Gasteiger partial charge is 0.366 e. The molecule has 0 unspecified atom stereocenters. The number of benzene rings is 1. The molecule has 0 aliphatic rings. The summed E-state index contributed by atoms with van der Waals surface area (Å²) < 4.78 is 79.5. The van der Waals surface area contributed by atoms with E-state index >= 15 is 0 Å². The molecule has 2 aromatic heterocycles. The highest BCUT2D eigenvalue weighted by molar-refractivity contribution is 7.92.